The third-order valence-corrected chi connectivity index (χ3v) is 5.00. The molecule has 0 unspecified atom stereocenters. The minimum Gasteiger partial charge on any atom is -0.383 e. The number of rotatable bonds is 5. The highest BCUT2D eigenvalue weighted by Gasteiger charge is 2.32. The third kappa shape index (κ3) is 3.32. The average molecular weight is 367 g/mol. The monoisotopic (exact) mass is 366 g/mol. The minimum absolute atomic E-state index is 0.0525. The number of benzene rings is 1. The Kier molecular flexibility index (Phi) is 4.91. The van der Waals surface area contributed by atoms with Crippen LogP contribution in [0.3, 0.4) is 0 Å². The van der Waals surface area contributed by atoms with E-state index in [9.17, 15) is 9.18 Å². The van der Waals surface area contributed by atoms with Crippen LogP contribution in [0, 0.1) is 5.82 Å². The Morgan fingerprint density at radius 3 is 2.92 bits per heavy atom. The highest BCUT2D eigenvalue weighted by atomic mass is 35.5. The van der Waals surface area contributed by atoms with Crippen molar-refractivity contribution in [3.8, 4) is 0 Å². The van der Waals surface area contributed by atoms with Crippen molar-refractivity contribution in [2.75, 3.05) is 16.4 Å². The normalized spacial score (nSPS) is 13.5. The first-order valence-electron chi connectivity index (χ1n) is 7.53. The summed E-state index contributed by atoms with van der Waals surface area (Å²) >= 11 is 7.20. The largest absolute Gasteiger partial charge is 0.383 e. The summed E-state index contributed by atoms with van der Waals surface area (Å²) in [6.07, 6.45) is 1.15. The van der Waals surface area contributed by atoms with Gasteiger partial charge in [-0.05, 0) is 24.1 Å². The summed E-state index contributed by atoms with van der Waals surface area (Å²) in [5, 5.41) is 0.604. The number of nitrogen functional groups attached to an aromatic ring is 1. The van der Waals surface area contributed by atoms with Gasteiger partial charge >= 0.3 is 0 Å². The summed E-state index contributed by atoms with van der Waals surface area (Å²) in [6.45, 7) is 2.28. The molecule has 0 aliphatic carbocycles. The van der Waals surface area contributed by atoms with E-state index >= 15 is 0 Å². The van der Waals surface area contributed by atoms with E-state index < -0.39 is 5.82 Å². The predicted octanol–water partition coefficient (Wildman–Crippen LogP) is 3.44. The van der Waals surface area contributed by atoms with E-state index in [1.807, 2.05) is 0 Å². The number of carbonyl (C=O) groups excluding carboxylic acids is 1. The maximum absolute atomic E-state index is 13.6. The number of nitrogens with two attached hydrogens (primary N) is 1. The van der Waals surface area contributed by atoms with Gasteiger partial charge in [0.15, 0.2) is 5.16 Å². The van der Waals surface area contributed by atoms with Gasteiger partial charge in [0.2, 0.25) is 5.91 Å². The zero-order valence-electron chi connectivity index (χ0n) is 13.1. The molecule has 1 aromatic carbocycles. The van der Waals surface area contributed by atoms with Gasteiger partial charge in [0.05, 0.1) is 18.0 Å². The van der Waals surface area contributed by atoms with Crippen molar-refractivity contribution in [3.05, 3.63) is 40.2 Å². The van der Waals surface area contributed by atoms with Crippen molar-refractivity contribution in [2.45, 2.75) is 31.5 Å². The first-order chi connectivity index (χ1) is 11.5. The van der Waals surface area contributed by atoms with E-state index in [0.717, 1.165) is 12.2 Å². The predicted molar refractivity (Wildman–Crippen MR) is 93.8 cm³/mol. The van der Waals surface area contributed by atoms with Crippen LogP contribution in [0.2, 0.25) is 5.02 Å². The number of fused-ring (bicyclic) bond motifs is 1. The van der Waals surface area contributed by atoms with Gasteiger partial charge in [0.25, 0.3) is 0 Å². The van der Waals surface area contributed by atoms with Gasteiger partial charge in [-0.3, -0.25) is 9.69 Å². The van der Waals surface area contributed by atoms with Gasteiger partial charge in [-0.25, -0.2) is 14.4 Å². The zero-order valence-corrected chi connectivity index (χ0v) is 14.6. The molecule has 1 aromatic heterocycles. The molecule has 24 heavy (non-hydrogen) atoms. The number of aromatic nitrogens is 2. The summed E-state index contributed by atoms with van der Waals surface area (Å²) in [6, 6.07) is 4.49. The van der Waals surface area contributed by atoms with Crippen molar-refractivity contribution in [3.63, 3.8) is 0 Å². The molecule has 1 aliphatic heterocycles. The van der Waals surface area contributed by atoms with E-state index in [-0.39, 0.29) is 23.9 Å². The molecule has 5 nitrogen and oxygen atoms in total. The maximum Gasteiger partial charge on any atom is 0.233 e. The zero-order chi connectivity index (χ0) is 17.3. The molecule has 1 aliphatic rings. The summed E-state index contributed by atoms with van der Waals surface area (Å²) in [4.78, 5) is 22.6. The molecule has 8 heteroatoms. The van der Waals surface area contributed by atoms with E-state index in [1.165, 1.54) is 28.8 Å². The molecule has 0 saturated heterocycles. The lowest BCUT2D eigenvalue weighted by Crippen LogP contribution is -2.26. The summed E-state index contributed by atoms with van der Waals surface area (Å²) in [5.74, 6) is 1.08. The Morgan fingerprint density at radius 2 is 2.21 bits per heavy atom. The second-order valence-corrected chi connectivity index (χ2v) is 6.92. The number of thioether (sulfide) groups is 1. The number of halogens is 2. The molecule has 126 valence electrons. The number of nitrogens with zero attached hydrogens (tertiary/aromatic N) is 3. The number of hydrogen-bond acceptors (Lipinski definition) is 5. The van der Waals surface area contributed by atoms with Crippen LogP contribution in [0.5, 0.6) is 0 Å². The molecule has 0 bridgehead atoms. The molecule has 0 saturated carbocycles. The molecule has 0 spiro atoms. The molecule has 2 N–H and O–H groups in total. The van der Waals surface area contributed by atoms with Crippen molar-refractivity contribution >= 4 is 40.9 Å². The molecule has 0 radical (unpaired) electrons. The fraction of sp³-hybridized carbons (Fsp3) is 0.312. The second kappa shape index (κ2) is 6.94. The van der Waals surface area contributed by atoms with Gasteiger partial charge in [-0.1, -0.05) is 36.4 Å². The summed E-state index contributed by atoms with van der Waals surface area (Å²) < 4.78 is 13.6. The first-order valence-corrected chi connectivity index (χ1v) is 8.89. The lowest BCUT2D eigenvalue weighted by atomic mass is 10.2. The van der Waals surface area contributed by atoms with Gasteiger partial charge < -0.3 is 5.73 Å². The SMILES string of the molecule is CCCSc1nc(N)c2c(n1)N(Cc1ccc(Cl)c(F)c1)C(=O)C2. The van der Waals surface area contributed by atoms with Crippen molar-refractivity contribution in [2.24, 2.45) is 0 Å². The number of amides is 1. The summed E-state index contributed by atoms with van der Waals surface area (Å²) in [7, 11) is 0. The van der Waals surface area contributed by atoms with Crippen LogP contribution in [0.25, 0.3) is 0 Å². The van der Waals surface area contributed by atoms with Crippen LogP contribution in [0.1, 0.15) is 24.5 Å². The van der Waals surface area contributed by atoms with Gasteiger partial charge in [-0.15, -0.1) is 0 Å². The van der Waals surface area contributed by atoms with Crippen LogP contribution in [-0.2, 0) is 17.8 Å². The Labute approximate surface area is 148 Å². The number of hydrogen-bond donors (Lipinski definition) is 1. The van der Waals surface area contributed by atoms with Gasteiger partial charge in [0.1, 0.15) is 17.5 Å². The molecular weight excluding hydrogens is 351 g/mol. The van der Waals surface area contributed by atoms with Crippen molar-refractivity contribution < 1.29 is 9.18 Å². The Bertz CT molecular complexity index is 802. The lowest BCUT2D eigenvalue weighted by Gasteiger charge is -2.17. The highest BCUT2D eigenvalue weighted by Crippen LogP contribution is 2.33. The maximum atomic E-state index is 13.6. The first kappa shape index (κ1) is 17.0. The molecular formula is C16H16ClFN4OS. The van der Waals surface area contributed by atoms with E-state index in [2.05, 4.69) is 16.9 Å². The number of carbonyl (C=O) groups is 1. The Balaban J connectivity index is 1.92. The summed E-state index contributed by atoms with van der Waals surface area (Å²) in [5.41, 5.74) is 7.26. The van der Waals surface area contributed by atoms with Gasteiger partial charge in [-0.2, -0.15) is 0 Å². The van der Waals surface area contributed by atoms with E-state index in [1.54, 1.807) is 6.07 Å². The number of anilines is 2. The minimum atomic E-state index is -0.512. The van der Waals surface area contributed by atoms with Crippen LogP contribution in [0.4, 0.5) is 16.0 Å². The van der Waals surface area contributed by atoms with Crippen molar-refractivity contribution in [1.82, 2.24) is 9.97 Å². The third-order valence-electron chi connectivity index (χ3n) is 3.64. The molecule has 0 atom stereocenters. The average Bonchev–Trinajstić information content (AvgIpc) is 2.86. The highest BCUT2D eigenvalue weighted by molar-refractivity contribution is 7.99. The molecule has 1 amide bonds. The fourth-order valence-electron chi connectivity index (χ4n) is 2.47. The van der Waals surface area contributed by atoms with Crippen molar-refractivity contribution in [1.29, 1.82) is 0 Å². The smallest absolute Gasteiger partial charge is 0.233 e. The van der Waals surface area contributed by atoms with Crippen LogP contribution in [0.15, 0.2) is 23.4 Å². The Morgan fingerprint density at radius 1 is 1.42 bits per heavy atom. The van der Waals surface area contributed by atoms with E-state index in [4.69, 9.17) is 17.3 Å². The topological polar surface area (TPSA) is 72.1 Å². The quantitative estimate of drug-likeness (QED) is 0.648. The van der Waals surface area contributed by atoms with Crippen LogP contribution in [-0.4, -0.2) is 21.6 Å². The molecule has 2 heterocycles. The van der Waals surface area contributed by atoms with Crippen LogP contribution >= 0.6 is 23.4 Å². The lowest BCUT2D eigenvalue weighted by molar-refractivity contribution is -0.117. The van der Waals surface area contributed by atoms with E-state index in [0.29, 0.717) is 27.9 Å². The second-order valence-electron chi connectivity index (χ2n) is 5.45. The molecule has 3 rings (SSSR count). The fourth-order valence-corrected chi connectivity index (χ4v) is 3.29. The standard InChI is InChI=1S/C16H16ClFN4OS/c1-2-5-24-16-20-14(19)10-7-13(23)22(15(10)21-16)8-9-3-4-11(17)12(18)6-9/h3-4,6H,2,5,7-8H2,1H3,(H2,19,20,21). The van der Waals surface area contributed by atoms with Gasteiger partial charge in [0, 0.05) is 11.3 Å². The van der Waals surface area contributed by atoms with Crippen LogP contribution < -0.4 is 10.6 Å². The molecule has 0 fully saturated rings. The molecule has 2 aromatic rings. The Hall–Kier alpha value is -1.86.